The highest BCUT2D eigenvalue weighted by atomic mass is 32.2. The first kappa shape index (κ1) is 22.5. The number of carbonyl (C=O) groups excluding carboxylic acids is 3. The molecule has 0 saturated heterocycles. The fraction of sp³-hybridized carbons (Fsp3) is 0.0741. The van der Waals surface area contributed by atoms with Crippen molar-refractivity contribution in [3.63, 3.8) is 0 Å². The highest BCUT2D eigenvalue weighted by molar-refractivity contribution is 7.99. The molecule has 0 fully saturated rings. The van der Waals surface area contributed by atoms with E-state index < -0.39 is 5.91 Å². The van der Waals surface area contributed by atoms with Gasteiger partial charge in [-0.25, -0.2) is 4.98 Å². The summed E-state index contributed by atoms with van der Waals surface area (Å²) in [6.07, 6.45) is 0. The van der Waals surface area contributed by atoms with Gasteiger partial charge in [0.2, 0.25) is 5.91 Å². The van der Waals surface area contributed by atoms with Crippen molar-refractivity contribution in [3.8, 4) is 5.69 Å². The van der Waals surface area contributed by atoms with E-state index >= 15 is 0 Å². The third-order valence-electron chi connectivity index (χ3n) is 5.59. The highest BCUT2D eigenvalue weighted by Gasteiger charge is 2.31. The molecular weight excluding hydrogens is 462 g/mol. The molecule has 0 unspecified atom stereocenters. The van der Waals surface area contributed by atoms with Crippen LogP contribution in [0.25, 0.3) is 5.69 Å². The zero-order chi connectivity index (χ0) is 24.5. The summed E-state index contributed by atoms with van der Waals surface area (Å²) in [5.41, 5.74) is 2.34. The van der Waals surface area contributed by atoms with Gasteiger partial charge in [-0.05, 0) is 25.1 Å². The molecule has 0 atom stereocenters. The lowest BCUT2D eigenvalue weighted by molar-refractivity contribution is -0.113. The minimum absolute atomic E-state index is 0.0505. The van der Waals surface area contributed by atoms with Gasteiger partial charge in [-0.15, -0.1) is 0 Å². The number of benzene rings is 3. The normalized spacial score (nSPS) is 12.1. The van der Waals surface area contributed by atoms with Gasteiger partial charge in [0.25, 0.3) is 5.56 Å². The van der Waals surface area contributed by atoms with Crippen LogP contribution in [0, 0.1) is 6.92 Å². The molecule has 5 rings (SSSR count). The van der Waals surface area contributed by atoms with Crippen LogP contribution >= 0.6 is 11.8 Å². The zero-order valence-electron chi connectivity index (χ0n) is 18.6. The molecule has 0 bridgehead atoms. The van der Waals surface area contributed by atoms with Gasteiger partial charge in [0.1, 0.15) is 0 Å². The maximum absolute atomic E-state index is 13.2. The van der Waals surface area contributed by atoms with E-state index in [1.165, 1.54) is 10.6 Å². The molecule has 35 heavy (non-hydrogen) atoms. The lowest BCUT2D eigenvalue weighted by atomic mass is 9.83. The quantitative estimate of drug-likeness (QED) is 0.300. The van der Waals surface area contributed by atoms with Crippen LogP contribution in [0.5, 0.6) is 0 Å². The van der Waals surface area contributed by atoms with Crippen LogP contribution in [0.3, 0.4) is 0 Å². The number of nitrogens with zero attached hydrogens (tertiary/aromatic N) is 2. The van der Waals surface area contributed by atoms with Crippen molar-refractivity contribution < 1.29 is 14.4 Å². The monoisotopic (exact) mass is 481 g/mol. The van der Waals surface area contributed by atoms with Crippen LogP contribution in [0.4, 0.5) is 5.69 Å². The summed E-state index contributed by atoms with van der Waals surface area (Å²) in [5.74, 6) is -1.00. The van der Waals surface area contributed by atoms with Crippen LogP contribution in [-0.4, -0.2) is 32.8 Å². The lowest BCUT2D eigenvalue weighted by Gasteiger charge is -2.20. The van der Waals surface area contributed by atoms with Gasteiger partial charge in [-0.1, -0.05) is 66.4 Å². The number of para-hydroxylation sites is 1. The number of ketones is 2. The number of fused-ring (bicyclic) bond motifs is 2. The number of rotatable bonds is 5. The summed E-state index contributed by atoms with van der Waals surface area (Å²) < 4.78 is 1.45. The molecule has 1 heterocycles. The summed E-state index contributed by atoms with van der Waals surface area (Å²) in [6.45, 7) is 1.72. The van der Waals surface area contributed by atoms with Gasteiger partial charge in [-0.3, -0.25) is 23.7 Å². The highest BCUT2D eigenvalue weighted by Crippen LogP contribution is 2.32. The first-order valence-corrected chi connectivity index (χ1v) is 11.8. The predicted molar refractivity (Wildman–Crippen MR) is 134 cm³/mol. The molecule has 8 heteroatoms. The number of nitrogens with one attached hydrogen (secondary N) is 1. The van der Waals surface area contributed by atoms with Crippen LogP contribution in [-0.2, 0) is 4.79 Å². The molecule has 0 radical (unpaired) electrons. The molecule has 1 aromatic heterocycles. The van der Waals surface area contributed by atoms with E-state index in [1.807, 2.05) is 18.2 Å². The molecule has 1 aliphatic carbocycles. The number of hydrogen-bond acceptors (Lipinski definition) is 6. The third-order valence-corrected chi connectivity index (χ3v) is 6.53. The van der Waals surface area contributed by atoms with Crippen molar-refractivity contribution in [2.75, 3.05) is 11.1 Å². The van der Waals surface area contributed by atoms with Crippen molar-refractivity contribution >= 4 is 34.9 Å². The molecular formula is C27H19N3O4S. The molecule has 4 aromatic rings. The average molecular weight is 482 g/mol. The Kier molecular flexibility index (Phi) is 5.88. The topological polar surface area (TPSA) is 98.1 Å². The Bertz CT molecular complexity index is 1560. The summed E-state index contributed by atoms with van der Waals surface area (Å²) in [4.78, 5) is 56.1. The maximum atomic E-state index is 13.2. The standard InChI is InChI=1S/C27H19N3O4S/c1-16-14-23(32)30(17-8-3-2-4-9-17)27(28-16)35-15-22(31)29-21-13-7-12-20-24(21)26(34)19-11-6-5-10-18(19)25(20)33/h2-14H,15H2,1H3,(H,29,31). The second-order valence-electron chi connectivity index (χ2n) is 7.96. The van der Waals surface area contributed by atoms with E-state index in [2.05, 4.69) is 10.3 Å². The van der Waals surface area contributed by atoms with Crippen LogP contribution in [0.2, 0.25) is 0 Å². The van der Waals surface area contributed by atoms with E-state index in [0.29, 0.717) is 27.7 Å². The number of aromatic nitrogens is 2. The molecule has 1 N–H and O–H groups in total. The maximum Gasteiger partial charge on any atom is 0.258 e. The SMILES string of the molecule is Cc1cc(=O)n(-c2ccccc2)c(SCC(=O)Nc2cccc3c2C(=O)c2ccccc2C3=O)n1. The third kappa shape index (κ3) is 4.20. The first-order valence-electron chi connectivity index (χ1n) is 10.8. The van der Waals surface area contributed by atoms with Crippen molar-refractivity contribution in [2.24, 2.45) is 0 Å². The number of anilines is 1. The minimum Gasteiger partial charge on any atom is -0.325 e. The summed E-state index contributed by atoms with van der Waals surface area (Å²) >= 11 is 1.11. The fourth-order valence-corrected chi connectivity index (χ4v) is 4.91. The number of hydrogen-bond donors (Lipinski definition) is 1. The van der Waals surface area contributed by atoms with Gasteiger partial charge in [0, 0.05) is 28.5 Å². The largest absolute Gasteiger partial charge is 0.325 e. The van der Waals surface area contributed by atoms with E-state index in [0.717, 1.165) is 11.8 Å². The Hall–Kier alpha value is -4.30. The van der Waals surface area contributed by atoms with Gasteiger partial charge in [0.05, 0.1) is 22.7 Å². The number of aryl methyl sites for hydroxylation is 1. The minimum atomic E-state index is -0.391. The van der Waals surface area contributed by atoms with Crippen molar-refractivity contribution in [1.29, 1.82) is 0 Å². The van der Waals surface area contributed by atoms with Crippen LogP contribution in [0.1, 0.15) is 37.5 Å². The van der Waals surface area contributed by atoms with Gasteiger partial charge in [-0.2, -0.15) is 0 Å². The summed E-state index contributed by atoms with van der Waals surface area (Å²) in [5, 5.41) is 3.14. The molecule has 7 nitrogen and oxygen atoms in total. The predicted octanol–water partition coefficient (Wildman–Crippen LogP) is 4.05. The van der Waals surface area contributed by atoms with Crippen molar-refractivity contribution in [1.82, 2.24) is 9.55 Å². The summed E-state index contributed by atoms with van der Waals surface area (Å²) in [7, 11) is 0. The fourth-order valence-electron chi connectivity index (χ4n) is 4.05. The van der Waals surface area contributed by atoms with E-state index in [1.54, 1.807) is 61.5 Å². The lowest BCUT2D eigenvalue weighted by Crippen LogP contribution is -2.25. The van der Waals surface area contributed by atoms with Gasteiger partial charge < -0.3 is 5.32 Å². The molecule has 0 spiro atoms. The molecule has 172 valence electrons. The van der Waals surface area contributed by atoms with Gasteiger partial charge >= 0.3 is 0 Å². The van der Waals surface area contributed by atoms with Crippen LogP contribution in [0.15, 0.2) is 88.8 Å². The molecule has 1 amide bonds. The smallest absolute Gasteiger partial charge is 0.258 e. The molecule has 1 aliphatic rings. The van der Waals surface area contributed by atoms with E-state index in [4.69, 9.17) is 0 Å². The second-order valence-corrected chi connectivity index (χ2v) is 8.90. The second kappa shape index (κ2) is 9.15. The van der Waals surface area contributed by atoms with E-state index in [9.17, 15) is 19.2 Å². The number of carbonyl (C=O) groups is 3. The zero-order valence-corrected chi connectivity index (χ0v) is 19.5. The summed E-state index contributed by atoms with van der Waals surface area (Å²) in [6, 6.07) is 22.0. The van der Waals surface area contributed by atoms with E-state index in [-0.39, 0.29) is 39.7 Å². The Morgan fingerprint density at radius 1 is 0.857 bits per heavy atom. The van der Waals surface area contributed by atoms with Crippen molar-refractivity contribution in [2.45, 2.75) is 12.1 Å². The Morgan fingerprint density at radius 2 is 1.51 bits per heavy atom. The molecule has 0 aliphatic heterocycles. The first-order chi connectivity index (χ1) is 16.9. The molecule has 0 saturated carbocycles. The Morgan fingerprint density at radius 3 is 2.26 bits per heavy atom. The molecule has 3 aromatic carbocycles. The number of amides is 1. The van der Waals surface area contributed by atoms with Crippen molar-refractivity contribution in [3.05, 3.63) is 117 Å². The van der Waals surface area contributed by atoms with Crippen LogP contribution < -0.4 is 10.9 Å². The Balaban J connectivity index is 1.41. The van der Waals surface area contributed by atoms with Gasteiger partial charge in [0.15, 0.2) is 16.7 Å². The number of thioether (sulfide) groups is 1. The average Bonchev–Trinajstić information content (AvgIpc) is 2.86. The Labute approximate surface area is 204 Å².